The molecule has 1 aromatic carbocycles. The van der Waals surface area contributed by atoms with E-state index < -0.39 is 0 Å². The van der Waals surface area contributed by atoms with E-state index >= 15 is 0 Å². The van der Waals surface area contributed by atoms with Crippen LogP contribution in [0.2, 0.25) is 0 Å². The Labute approximate surface area is 146 Å². The number of ether oxygens (including phenoxy) is 2. The van der Waals surface area contributed by atoms with Crippen LogP contribution in [0.4, 0.5) is 0 Å². The van der Waals surface area contributed by atoms with Gasteiger partial charge in [-0.25, -0.2) is 9.67 Å². The highest BCUT2D eigenvalue weighted by molar-refractivity contribution is 5.76. The van der Waals surface area contributed by atoms with Crippen LogP contribution < -0.4 is 9.47 Å². The second kappa shape index (κ2) is 7.13. The third-order valence-corrected chi connectivity index (χ3v) is 4.64. The number of aromatic nitrogens is 3. The molecule has 2 aliphatic rings. The summed E-state index contributed by atoms with van der Waals surface area (Å²) in [6.07, 6.45) is 6.05. The van der Waals surface area contributed by atoms with Crippen molar-refractivity contribution in [2.75, 3.05) is 26.3 Å². The number of hydrogen-bond donors (Lipinski definition) is 0. The largest absolute Gasteiger partial charge is 0.486 e. The Hall–Kier alpha value is -2.57. The summed E-state index contributed by atoms with van der Waals surface area (Å²) >= 11 is 0. The second-order valence-corrected chi connectivity index (χ2v) is 6.36. The molecule has 0 saturated carbocycles. The summed E-state index contributed by atoms with van der Waals surface area (Å²) in [5.41, 5.74) is 0.908. The van der Waals surface area contributed by atoms with Gasteiger partial charge in [0.1, 0.15) is 25.4 Å². The maximum Gasteiger partial charge on any atom is 0.222 e. The van der Waals surface area contributed by atoms with Crippen molar-refractivity contribution in [3.8, 4) is 17.2 Å². The summed E-state index contributed by atoms with van der Waals surface area (Å²) in [7, 11) is 0. The summed E-state index contributed by atoms with van der Waals surface area (Å²) in [6, 6.07) is 5.79. The number of likely N-dealkylation sites (tertiary alicyclic amines) is 1. The van der Waals surface area contributed by atoms with Crippen LogP contribution in [-0.4, -0.2) is 51.9 Å². The third-order valence-electron chi connectivity index (χ3n) is 4.64. The smallest absolute Gasteiger partial charge is 0.222 e. The number of piperidine rings is 1. The zero-order valence-electron chi connectivity index (χ0n) is 14.2. The van der Waals surface area contributed by atoms with E-state index in [4.69, 9.17) is 9.47 Å². The molecule has 0 unspecified atom stereocenters. The van der Waals surface area contributed by atoms with Crippen LogP contribution in [0, 0.1) is 0 Å². The van der Waals surface area contributed by atoms with Crippen LogP contribution in [0.5, 0.6) is 11.5 Å². The van der Waals surface area contributed by atoms with Gasteiger partial charge in [-0.05, 0) is 31.4 Å². The average molecular weight is 342 g/mol. The molecule has 0 bridgehead atoms. The molecule has 7 nitrogen and oxygen atoms in total. The van der Waals surface area contributed by atoms with Crippen molar-refractivity contribution in [1.29, 1.82) is 0 Å². The normalized spacial score (nSPS) is 17.0. The lowest BCUT2D eigenvalue weighted by atomic mass is 10.1. The number of carbonyl (C=O) groups is 1. The van der Waals surface area contributed by atoms with E-state index in [9.17, 15) is 4.79 Å². The van der Waals surface area contributed by atoms with Crippen LogP contribution in [0.25, 0.3) is 5.69 Å². The zero-order valence-corrected chi connectivity index (χ0v) is 14.2. The fourth-order valence-corrected chi connectivity index (χ4v) is 3.34. The van der Waals surface area contributed by atoms with Crippen LogP contribution in [0.1, 0.15) is 31.5 Å². The number of amides is 1. The first-order valence-electron chi connectivity index (χ1n) is 8.88. The summed E-state index contributed by atoms with van der Waals surface area (Å²) < 4.78 is 13.0. The Morgan fingerprint density at radius 2 is 2.00 bits per heavy atom. The second-order valence-electron chi connectivity index (χ2n) is 6.36. The average Bonchev–Trinajstić information content (AvgIpc) is 3.11. The van der Waals surface area contributed by atoms with Crippen LogP contribution in [0.15, 0.2) is 24.5 Å². The highest BCUT2D eigenvalue weighted by Gasteiger charge is 2.18. The maximum atomic E-state index is 11.9. The number of rotatable bonds is 5. The Bertz CT molecular complexity index is 759. The van der Waals surface area contributed by atoms with Gasteiger partial charge in [0.05, 0.1) is 5.69 Å². The number of aryl methyl sites for hydroxylation is 1. The molecule has 0 radical (unpaired) electrons. The van der Waals surface area contributed by atoms with E-state index in [1.54, 1.807) is 6.33 Å². The number of hydrogen-bond acceptors (Lipinski definition) is 5. The molecule has 1 fully saturated rings. The molecule has 1 aromatic heterocycles. The predicted octanol–water partition coefficient (Wildman–Crippen LogP) is 1.98. The standard InChI is InChI=1S/C18H22N4O3/c23-18-5-1-2-8-21(18)9-3-4-17-19-13-20-22(17)14-6-7-15-16(12-14)25-11-10-24-15/h6-7,12-13H,1-5,8-11H2. The number of fused-ring (bicyclic) bond motifs is 1. The summed E-state index contributed by atoms with van der Waals surface area (Å²) in [5.74, 6) is 2.67. The fourth-order valence-electron chi connectivity index (χ4n) is 3.34. The molecule has 2 aromatic rings. The van der Waals surface area contributed by atoms with Crippen molar-refractivity contribution in [3.63, 3.8) is 0 Å². The molecule has 1 amide bonds. The predicted molar refractivity (Wildman–Crippen MR) is 91.1 cm³/mol. The third kappa shape index (κ3) is 3.45. The lowest BCUT2D eigenvalue weighted by molar-refractivity contribution is -0.133. The van der Waals surface area contributed by atoms with Crippen molar-refractivity contribution >= 4 is 5.91 Å². The lowest BCUT2D eigenvalue weighted by Crippen LogP contribution is -2.36. The fraction of sp³-hybridized carbons (Fsp3) is 0.500. The first-order valence-corrected chi connectivity index (χ1v) is 8.88. The van der Waals surface area contributed by atoms with Gasteiger partial charge in [-0.15, -0.1) is 0 Å². The minimum atomic E-state index is 0.277. The molecule has 25 heavy (non-hydrogen) atoms. The van der Waals surface area contributed by atoms with Gasteiger partial charge in [-0.2, -0.15) is 5.10 Å². The van der Waals surface area contributed by atoms with E-state index in [0.717, 1.165) is 61.8 Å². The van der Waals surface area contributed by atoms with E-state index in [2.05, 4.69) is 10.1 Å². The molecule has 0 spiro atoms. The molecule has 0 N–H and O–H groups in total. The van der Waals surface area contributed by atoms with Crippen molar-refractivity contribution in [2.45, 2.75) is 32.1 Å². The molecule has 3 heterocycles. The van der Waals surface area contributed by atoms with Crippen molar-refractivity contribution in [1.82, 2.24) is 19.7 Å². The van der Waals surface area contributed by atoms with Gasteiger partial charge in [0.25, 0.3) is 0 Å². The molecule has 4 rings (SSSR count). The van der Waals surface area contributed by atoms with Crippen molar-refractivity contribution < 1.29 is 14.3 Å². The number of nitrogens with zero attached hydrogens (tertiary/aromatic N) is 4. The van der Waals surface area contributed by atoms with Crippen LogP contribution in [0.3, 0.4) is 0 Å². The summed E-state index contributed by atoms with van der Waals surface area (Å²) in [5, 5.41) is 4.34. The molecular formula is C18H22N4O3. The number of carbonyl (C=O) groups excluding carboxylic acids is 1. The lowest BCUT2D eigenvalue weighted by Gasteiger charge is -2.26. The zero-order chi connectivity index (χ0) is 17.1. The Morgan fingerprint density at radius 1 is 1.12 bits per heavy atom. The van der Waals surface area contributed by atoms with Gasteiger partial charge >= 0.3 is 0 Å². The molecule has 2 aliphatic heterocycles. The van der Waals surface area contributed by atoms with Gasteiger partial charge in [-0.1, -0.05) is 0 Å². The molecule has 132 valence electrons. The van der Waals surface area contributed by atoms with Crippen molar-refractivity contribution in [3.05, 3.63) is 30.4 Å². The van der Waals surface area contributed by atoms with E-state index in [1.165, 1.54) is 0 Å². The van der Waals surface area contributed by atoms with Crippen molar-refractivity contribution in [2.24, 2.45) is 0 Å². The van der Waals surface area contributed by atoms with Gasteiger partial charge in [-0.3, -0.25) is 4.79 Å². The van der Waals surface area contributed by atoms with E-state index in [0.29, 0.717) is 19.6 Å². The molecular weight excluding hydrogens is 320 g/mol. The molecule has 7 heteroatoms. The Balaban J connectivity index is 1.43. The first-order chi connectivity index (χ1) is 12.3. The van der Waals surface area contributed by atoms with Crippen LogP contribution in [-0.2, 0) is 11.2 Å². The van der Waals surface area contributed by atoms with Gasteiger partial charge in [0, 0.05) is 32.0 Å². The van der Waals surface area contributed by atoms with E-state index in [-0.39, 0.29) is 5.91 Å². The summed E-state index contributed by atoms with van der Waals surface area (Å²) in [6.45, 7) is 2.81. The highest BCUT2D eigenvalue weighted by atomic mass is 16.6. The van der Waals surface area contributed by atoms with Crippen LogP contribution >= 0.6 is 0 Å². The monoisotopic (exact) mass is 342 g/mol. The van der Waals surface area contributed by atoms with Gasteiger partial charge < -0.3 is 14.4 Å². The van der Waals surface area contributed by atoms with Gasteiger partial charge in [0.2, 0.25) is 5.91 Å². The Kier molecular flexibility index (Phi) is 4.54. The first kappa shape index (κ1) is 15.9. The topological polar surface area (TPSA) is 69.5 Å². The van der Waals surface area contributed by atoms with E-state index in [1.807, 2.05) is 27.8 Å². The SMILES string of the molecule is O=C1CCCCN1CCCc1ncnn1-c1ccc2c(c1)OCCO2. The Morgan fingerprint density at radius 3 is 2.88 bits per heavy atom. The quantitative estimate of drug-likeness (QED) is 0.831. The molecule has 0 atom stereocenters. The number of benzene rings is 1. The van der Waals surface area contributed by atoms with Gasteiger partial charge in [0.15, 0.2) is 11.5 Å². The summed E-state index contributed by atoms with van der Waals surface area (Å²) in [4.78, 5) is 18.2. The maximum absolute atomic E-state index is 11.9. The minimum absolute atomic E-state index is 0.277. The molecule has 0 aliphatic carbocycles. The minimum Gasteiger partial charge on any atom is -0.486 e. The molecule has 1 saturated heterocycles. The highest BCUT2D eigenvalue weighted by Crippen LogP contribution is 2.32.